The largest absolute Gasteiger partial charge is 0.364 e. The maximum atomic E-state index is 11.7. The van der Waals surface area contributed by atoms with Crippen LogP contribution in [0.15, 0.2) is 41.1 Å². The van der Waals surface area contributed by atoms with E-state index in [1.807, 2.05) is 24.3 Å². The number of nitrogens with one attached hydrogen (secondary N) is 2. The number of aromatic amines is 1. The van der Waals surface area contributed by atoms with Crippen molar-refractivity contribution < 1.29 is 9.32 Å². The van der Waals surface area contributed by atoms with Crippen LogP contribution in [0.3, 0.4) is 0 Å². The van der Waals surface area contributed by atoms with E-state index in [4.69, 9.17) is 0 Å². The molecule has 17 heavy (non-hydrogen) atoms. The Labute approximate surface area is 95.6 Å². The van der Waals surface area contributed by atoms with E-state index < -0.39 is 0 Å². The number of aromatic nitrogens is 3. The first kappa shape index (κ1) is 9.59. The number of hydrogen-bond acceptors (Lipinski definition) is 4. The summed E-state index contributed by atoms with van der Waals surface area (Å²) in [6.07, 6.45) is 1.34. The van der Waals surface area contributed by atoms with Crippen LogP contribution in [0.2, 0.25) is 0 Å². The molecule has 0 spiro atoms. The second-order valence-electron chi connectivity index (χ2n) is 3.44. The maximum absolute atomic E-state index is 11.7. The number of carbonyl (C=O) groups excluding carboxylic acids is 1. The first-order valence-corrected chi connectivity index (χ1v) is 4.99. The fourth-order valence-corrected chi connectivity index (χ4v) is 1.51. The molecule has 84 valence electrons. The molecule has 3 rings (SSSR count). The van der Waals surface area contributed by atoms with Gasteiger partial charge in [-0.05, 0) is 12.1 Å². The highest BCUT2D eigenvalue weighted by atomic mass is 16.5. The number of anilines is 1. The highest BCUT2D eigenvalue weighted by Crippen LogP contribution is 2.13. The van der Waals surface area contributed by atoms with Crippen LogP contribution in [0, 0.1) is 0 Å². The zero-order valence-corrected chi connectivity index (χ0v) is 8.68. The van der Waals surface area contributed by atoms with Crippen molar-refractivity contribution in [3.8, 4) is 0 Å². The lowest BCUT2D eigenvalue weighted by Gasteiger charge is -1.95. The zero-order chi connectivity index (χ0) is 11.7. The molecule has 2 N–H and O–H groups in total. The molecule has 2 heterocycles. The summed E-state index contributed by atoms with van der Waals surface area (Å²) >= 11 is 0. The average Bonchev–Trinajstić information content (AvgIpc) is 2.97. The number of nitrogens with zero attached hydrogens (tertiary/aromatic N) is 2. The van der Waals surface area contributed by atoms with Gasteiger partial charge in [0.15, 0.2) is 5.69 Å². The Kier molecular flexibility index (Phi) is 2.11. The number of hydrogen-bond donors (Lipinski definition) is 2. The summed E-state index contributed by atoms with van der Waals surface area (Å²) in [5, 5.41) is 6.14. The van der Waals surface area contributed by atoms with Gasteiger partial charge in [0.05, 0.1) is 11.0 Å². The highest BCUT2D eigenvalue weighted by Gasteiger charge is 2.11. The monoisotopic (exact) mass is 228 g/mol. The van der Waals surface area contributed by atoms with Crippen molar-refractivity contribution >= 4 is 22.9 Å². The number of amides is 1. The Bertz CT molecular complexity index is 624. The van der Waals surface area contributed by atoms with Gasteiger partial charge >= 0.3 is 0 Å². The second-order valence-corrected chi connectivity index (χ2v) is 3.44. The normalized spacial score (nSPS) is 10.6. The summed E-state index contributed by atoms with van der Waals surface area (Å²) in [7, 11) is 0. The molecular weight excluding hydrogens is 220 g/mol. The molecule has 0 fully saturated rings. The maximum Gasteiger partial charge on any atom is 0.280 e. The van der Waals surface area contributed by atoms with E-state index in [0.29, 0.717) is 5.95 Å². The number of rotatable bonds is 2. The SMILES string of the molecule is O=C(Nc1nc2ccccc2[nH]1)c1ccon1. The third-order valence-electron chi connectivity index (χ3n) is 2.29. The third-order valence-corrected chi connectivity index (χ3v) is 2.29. The Morgan fingerprint density at radius 2 is 2.18 bits per heavy atom. The topological polar surface area (TPSA) is 83.8 Å². The van der Waals surface area contributed by atoms with E-state index in [-0.39, 0.29) is 11.6 Å². The van der Waals surface area contributed by atoms with E-state index >= 15 is 0 Å². The lowest BCUT2D eigenvalue weighted by Crippen LogP contribution is -2.13. The molecule has 0 aliphatic carbocycles. The summed E-state index contributed by atoms with van der Waals surface area (Å²) in [5.74, 6) is 0.0250. The van der Waals surface area contributed by atoms with E-state index in [0.717, 1.165) is 11.0 Å². The number of benzene rings is 1. The molecule has 1 aromatic carbocycles. The van der Waals surface area contributed by atoms with Gasteiger partial charge in [-0.1, -0.05) is 17.3 Å². The standard InChI is InChI=1S/C11H8N4O2/c16-10(9-5-6-17-15-9)14-11-12-7-3-1-2-4-8(7)13-11/h1-6H,(H2,12,13,14,16). The van der Waals surface area contributed by atoms with Crippen LogP contribution in [0.5, 0.6) is 0 Å². The fourth-order valence-electron chi connectivity index (χ4n) is 1.51. The Balaban J connectivity index is 1.88. The first-order chi connectivity index (χ1) is 8.33. The zero-order valence-electron chi connectivity index (χ0n) is 8.68. The number of fused-ring (bicyclic) bond motifs is 1. The molecule has 2 aromatic heterocycles. The summed E-state index contributed by atoms with van der Waals surface area (Å²) < 4.78 is 4.59. The lowest BCUT2D eigenvalue weighted by atomic mass is 10.3. The molecule has 0 saturated heterocycles. The predicted molar refractivity (Wildman–Crippen MR) is 60.5 cm³/mol. The van der Waals surface area contributed by atoms with E-state index in [1.165, 1.54) is 12.3 Å². The molecule has 0 saturated carbocycles. The number of H-pyrrole nitrogens is 1. The predicted octanol–water partition coefficient (Wildman–Crippen LogP) is 1.80. The minimum absolute atomic E-state index is 0.213. The van der Waals surface area contributed by atoms with Crippen LogP contribution in [0.4, 0.5) is 5.95 Å². The molecular formula is C11H8N4O2. The molecule has 3 aromatic rings. The van der Waals surface area contributed by atoms with E-state index in [2.05, 4.69) is 25.0 Å². The first-order valence-electron chi connectivity index (χ1n) is 4.99. The third kappa shape index (κ3) is 1.76. The molecule has 6 nitrogen and oxygen atoms in total. The molecule has 0 atom stereocenters. The fraction of sp³-hybridized carbons (Fsp3) is 0. The quantitative estimate of drug-likeness (QED) is 0.700. The van der Waals surface area contributed by atoms with Crippen molar-refractivity contribution in [1.29, 1.82) is 0 Å². The Morgan fingerprint density at radius 3 is 2.94 bits per heavy atom. The van der Waals surface area contributed by atoms with Gasteiger partial charge in [0, 0.05) is 6.07 Å². The molecule has 0 radical (unpaired) electrons. The van der Waals surface area contributed by atoms with Crippen molar-refractivity contribution in [3.63, 3.8) is 0 Å². The van der Waals surface area contributed by atoms with Gasteiger partial charge in [0.25, 0.3) is 5.91 Å². The molecule has 0 aliphatic rings. The molecule has 1 amide bonds. The highest BCUT2D eigenvalue weighted by molar-refractivity contribution is 6.02. The summed E-state index contributed by atoms with van der Waals surface area (Å²) in [6.45, 7) is 0. The van der Waals surface area contributed by atoms with Gasteiger partial charge in [-0.2, -0.15) is 0 Å². The van der Waals surface area contributed by atoms with E-state index in [1.54, 1.807) is 0 Å². The summed E-state index contributed by atoms with van der Waals surface area (Å²) in [4.78, 5) is 18.9. The number of para-hydroxylation sites is 2. The van der Waals surface area contributed by atoms with Gasteiger partial charge in [0.1, 0.15) is 6.26 Å². The van der Waals surface area contributed by atoms with Crippen molar-refractivity contribution in [2.75, 3.05) is 5.32 Å². The van der Waals surface area contributed by atoms with Crippen LogP contribution >= 0.6 is 0 Å². The van der Waals surface area contributed by atoms with Crippen LogP contribution in [0.1, 0.15) is 10.5 Å². The van der Waals surface area contributed by atoms with Gasteiger partial charge in [-0.15, -0.1) is 0 Å². The second kappa shape index (κ2) is 3.75. The number of imidazole rings is 1. The van der Waals surface area contributed by atoms with Gasteiger partial charge < -0.3 is 9.51 Å². The Morgan fingerprint density at radius 1 is 1.29 bits per heavy atom. The van der Waals surface area contributed by atoms with Crippen molar-refractivity contribution in [2.45, 2.75) is 0 Å². The van der Waals surface area contributed by atoms with Crippen LogP contribution < -0.4 is 5.32 Å². The van der Waals surface area contributed by atoms with Crippen molar-refractivity contribution in [2.24, 2.45) is 0 Å². The average molecular weight is 228 g/mol. The van der Waals surface area contributed by atoms with Crippen LogP contribution in [-0.2, 0) is 0 Å². The van der Waals surface area contributed by atoms with Crippen molar-refractivity contribution in [3.05, 3.63) is 42.3 Å². The van der Waals surface area contributed by atoms with E-state index in [9.17, 15) is 4.79 Å². The molecule has 0 aliphatic heterocycles. The summed E-state index contributed by atoms with van der Waals surface area (Å²) in [6, 6.07) is 9.00. The molecule has 0 unspecified atom stereocenters. The minimum atomic E-state index is -0.363. The van der Waals surface area contributed by atoms with Gasteiger partial charge in [0.2, 0.25) is 5.95 Å². The number of carbonyl (C=O) groups is 1. The van der Waals surface area contributed by atoms with Gasteiger partial charge in [-0.3, -0.25) is 10.1 Å². The van der Waals surface area contributed by atoms with Crippen molar-refractivity contribution in [1.82, 2.24) is 15.1 Å². The van der Waals surface area contributed by atoms with Gasteiger partial charge in [-0.25, -0.2) is 4.98 Å². The minimum Gasteiger partial charge on any atom is -0.364 e. The van der Waals surface area contributed by atoms with Crippen LogP contribution in [0.25, 0.3) is 11.0 Å². The molecule has 0 bridgehead atoms. The summed E-state index contributed by atoms with van der Waals surface area (Å²) in [5.41, 5.74) is 1.87. The smallest absolute Gasteiger partial charge is 0.280 e. The van der Waals surface area contributed by atoms with Crippen LogP contribution in [-0.4, -0.2) is 21.0 Å². The Hall–Kier alpha value is -2.63. The lowest BCUT2D eigenvalue weighted by molar-refractivity contribution is 0.101. The molecule has 6 heteroatoms.